The summed E-state index contributed by atoms with van der Waals surface area (Å²) in [5.41, 5.74) is -1.98. The summed E-state index contributed by atoms with van der Waals surface area (Å²) in [5, 5.41) is 0. The van der Waals surface area contributed by atoms with Gasteiger partial charge in [-0.15, -0.1) is 0 Å². The van der Waals surface area contributed by atoms with Crippen LogP contribution in [0.5, 0.6) is 0 Å². The molecule has 0 aromatic heterocycles. The average Bonchev–Trinajstić information content (AvgIpc) is 2.22. The van der Waals surface area contributed by atoms with Gasteiger partial charge in [0.25, 0.3) is 0 Å². The highest BCUT2D eigenvalue weighted by molar-refractivity contribution is 5.89. The fourth-order valence-electron chi connectivity index (χ4n) is 1.24. The van der Waals surface area contributed by atoms with Crippen molar-refractivity contribution in [3.05, 3.63) is 35.1 Å². The van der Waals surface area contributed by atoms with Crippen molar-refractivity contribution in [3.63, 3.8) is 0 Å². The maximum atomic E-state index is 13.1. The zero-order chi connectivity index (χ0) is 14.8. The number of benzene rings is 1. The van der Waals surface area contributed by atoms with E-state index in [2.05, 4.69) is 0 Å². The van der Waals surface area contributed by atoms with Crippen LogP contribution >= 0.6 is 0 Å². The second-order valence-electron chi connectivity index (χ2n) is 5.36. The quantitative estimate of drug-likeness (QED) is 0.602. The fraction of sp³-hybridized carbons (Fsp3) is 0.462. The van der Waals surface area contributed by atoms with Crippen molar-refractivity contribution in [2.75, 3.05) is 6.61 Å². The third-order valence-electron chi connectivity index (χ3n) is 2.10. The largest absolute Gasteiger partial charge is 0.462 e. The predicted molar refractivity (Wildman–Crippen MR) is 61.1 cm³/mol. The molecule has 0 bridgehead atoms. The molecule has 19 heavy (non-hydrogen) atoms. The molecule has 0 aliphatic rings. The Kier molecular flexibility index (Phi) is 4.22. The Morgan fingerprint density at radius 1 is 1.16 bits per heavy atom. The molecule has 1 rings (SSSR count). The zero-order valence-corrected chi connectivity index (χ0v) is 10.8. The second-order valence-corrected chi connectivity index (χ2v) is 5.36. The molecule has 0 N–H and O–H groups in total. The lowest BCUT2D eigenvalue weighted by Gasteiger charge is -2.18. The maximum absolute atomic E-state index is 13.1. The van der Waals surface area contributed by atoms with Crippen LogP contribution in [0.15, 0.2) is 18.2 Å². The molecule has 0 radical (unpaired) electrons. The van der Waals surface area contributed by atoms with Gasteiger partial charge in [0.05, 0.1) is 17.7 Å². The lowest BCUT2D eigenvalue weighted by molar-refractivity contribution is -0.137. The highest BCUT2D eigenvalue weighted by Gasteiger charge is 2.32. The molecule has 2 nitrogen and oxygen atoms in total. The Bertz CT molecular complexity index is 473. The van der Waals surface area contributed by atoms with E-state index in [1.807, 2.05) is 0 Å². The molecule has 0 atom stereocenters. The first-order valence-corrected chi connectivity index (χ1v) is 5.54. The summed E-state index contributed by atoms with van der Waals surface area (Å²) >= 11 is 0. The molecule has 6 heteroatoms. The van der Waals surface area contributed by atoms with Gasteiger partial charge >= 0.3 is 12.1 Å². The van der Waals surface area contributed by atoms with E-state index in [-0.39, 0.29) is 12.0 Å². The first-order valence-electron chi connectivity index (χ1n) is 5.54. The van der Waals surface area contributed by atoms with E-state index in [1.165, 1.54) is 0 Å². The van der Waals surface area contributed by atoms with Crippen LogP contribution in [0, 0.1) is 11.2 Å². The van der Waals surface area contributed by atoms with E-state index < -0.39 is 29.1 Å². The van der Waals surface area contributed by atoms with Crippen molar-refractivity contribution in [2.45, 2.75) is 26.9 Å². The third kappa shape index (κ3) is 4.89. The van der Waals surface area contributed by atoms with E-state index in [1.54, 1.807) is 20.8 Å². The predicted octanol–water partition coefficient (Wildman–Crippen LogP) is 4.05. The number of carbonyl (C=O) groups is 1. The van der Waals surface area contributed by atoms with Gasteiger partial charge in [-0.05, 0) is 23.6 Å². The first kappa shape index (κ1) is 15.5. The number of esters is 1. The summed E-state index contributed by atoms with van der Waals surface area (Å²) in [6, 6.07) is 1.63. The van der Waals surface area contributed by atoms with E-state index in [0.29, 0.717) is 12.1 Å². The van der Waals surface area contributed by atoms with Gasteiger partial charge in [-0.1, -0.05) is 20.8 Å². The molecule has 0 saturated heterocycles. The Labute approximate surface area is 108 Å². The van der Waals surface area contributed by atoms with Gasteiger partial charge in [0.15, 0.2) is 0 Å². The molecule has 1 aromatic carbocycles. The minimum absolute atomic E-state index is 0.0314. The van der Waals surface area contributed by atoms with Gasteiger partial charge in [0, 0.05) is 0 Å². The number of carbonyl (C=O) groups excluding carboxylic acids is 1. The molecular formula is C13H14F4O2. The Balaban J connectivity index is 2.95. The number of hydrogen-bond donors (Lipinski definition) is 0. The standard InChI is InChI=1S/C13H14F4O2/c1-12(2,3)7-19-11(18)8-4-9(13(15,16)17)6-10(14)5-8/h4-6H,7H2,1-3H3. The molecule has 0 unspecified atom stereocenters. The lowest BCUT2D eigenvalue weighted by Crippen LogP contribution is -2.19. The number of alkyl halides is 3. The van der Waals surface area contributed by atoms with Crippen LogP contribution < -0.4 is 0 Å². The summed E-state index contributed by atoms with van der Waals surface area (Å²) in [5.74, 6) is -2.10. The molecule has 0 saturated carbocycles. The highest BCUT2D eigenvalue weighted by atomic mass is 19.4. The zero-order valence-electron chi connectivity index (χ0n) is 10.8. The number of halogens is 4. The maximum Gasteiger partial charge on any atom is 0.416 e. The topological polar surface area (TPSA) is 26.3 Å². The summed E-state index contributed by atoms with van der Waals surface area (Å²) in [6.45, 7) is 5.43. The van der Waals surface area contributed by atoms with Crippen molar-refractivity contribution >= 4 is 5.97 Å². The van der Waals surface area contributed by atoms with Crippen molar-refractivity contribution in [1.82, 2.24) is 0 Å². The van der Waals surface area contributed by atoms with Crippen LogP contribution in [-0.4, -0.2) is 12.6 Å². The van der Waals surface area contributed by atoms with Crippen LogP contribution in [0.25, 0.3) is 0 Å². The van der Waals surface area contributed by atoms with Gasteiger partial charge in [-0.25, -0.2) is 9.18 Å². The SMILES string of the molecule is CC(C)(C)COC(=O)c1cc(F)cc(C(F)(F)F)c1. The van der Waals surface area contributed by atoms with Crippen molar-refractivity contribution in [3.8, 4) is 0 Å². The van der Waals surface area contributed by atoms with Gasteiger partial charge in [0.1, 0.15) is 5.82 Å². The Morgan fingerprint density at radius 2 is 1.74 bits per heavy atom. The van der Waals surface area contributed by atoms with Crippen molar-refractivity contribution in [2.24, 2.45) is 5.41 Å². The molecule has 1 aromatic rings. The average molecular weight is 278 g/mol. The van der Waals surface area contributed by atoms with Crippen LogP contribution in [0.4, 0.5) is 17.6 Å². The summed E-state index contributed by atoms with van der Waals surface area (Å²) < 4.78 is 55.3. The van der Waals surface area contributed by atoms with Gasteiger partial charge in [-0.3, -0.25) is 0 Å². The number of rotatable bonds is 2. The lowest BCUT2D eigenvalue weighted by atomic mass is 9.99. The van der Waals surface area contributed by atoms with Gasteiger partial charge in [0.2, 0.25) is 0 Å². The Morgan fingerprint density at radius 3 is 2.21 bits per heavy atom. The minimum Gasteiger partial charge on any atom is -0.462 e. The van der Waals surface area contributed by atoms with E-state index in [9.17, 15) is 22.4 Å². The molecule has 0 heterocycles. The van der Waals surface area contributed by atoms with Crippen LogP contribution in [0.1, 0.15) is 36.7 Å². The van der Waals surface area contributed by atoms with E-state index in [4.69, 9.17) is 4.74 Å². The molecule has 0 aliphatic carbocycles. The normalized spacial score (nSPS) is 12.4. The molecule has 0 spiro atoms. The molecule has 0 amide bonds. The van der Waals surface area contributed by atoms with Crippen molar-refractivity contribution < 1.29 is 27.1 Å². The summed E-state index contributed by atoms with van der Waals surface area (Å²) in [6.07, 6.45) is -4.71. The summed E-state index contributed by atoms with van der Waals surface area (Å²) in [4.78, 5) is 11.6. The third-order valence-corrected chi connectivity index (χ3v) is 2.10. The van der Waals surface area contributed by atoms with E-state index >= 15 is 0 Å². The highest BCUT2D eigenvalue weighted by Crippen LogP contribution is 2.30. The van der Waals surface area contributed by atoms with Crippen molar-refractivity contribution in [1.29, 1.82) is 0 Å². The summed E-state index contributed by atoms with van der Waals surface area (Å²) in [7, 11) is 0. The van der Waals surface area contributed by atoms with Crippen LogP contribution in [0.3, 0.4) is 0 Å². The van der Waals surface area contributed by atoms with Gasteiger partial charge in [-0.2, -0.15) is 13.2 Å². The van der Waals surface area contributed by atoms with Crippen LogP contribution in [-0.2, 0) is 10.9 Å². The molecule has 106 valence electrons. The fourth-order valence-corrected chi connectivity index (χ4v) is 1.24. The second kappa shape index (κ2) is 5.19. The molecular weight excluding hydrogens is 264 g/mol. The Hall–Kier alpha value is -1.59. The molecule has 0 fully saturated rings. The number of ether oxygens (including phenoxy) is 1. The molecule has 0 aliphatic heterocycles. The monoisotopic (exact) mass is 278 g/mol. The van der Waals surface area contributed by atoms with Gasteiger partial charge < -0.3 is 4.74 Å². The minimum atomic E-state index is -4.71. The van der Waals surface area contributed by atoms with E-state index in [0.717, 1.165) is 6.07 Å². The first-order chi connectivity index (χ1) is 8.49. The van der Waals surface area contributed by atoms with Crippen LogP contribution in [0.2, 0.25) is 0 Å². The smallest absolute Gasteiger partial charge is 0.416 e. The number of hydrogen-bond acceptors (Lipinski definition) is 2.